The van der Waals surface area contributed by atoms with Crippen molar-refractivity contribution >= 4 is 17.3 Å². The van der Waals surface area contributed by atoms with Gasteiger partial charge < -0.3 is 5.32 Å². The summed E-state index contributed by atoms with van der Waals surface area (Å²) in [5, 5.41) is 4.59. The Bertz CT molecular complexity index is 719. The molecule has 0 saturated carbocycles. The van der Waals surface area contributed by atoms with E-state index in [0.717, 1.165) is 11.4 Å². The van der Waals surface area contributed by atoms with Crippen LogP contribution in [0.5, 0.6) is 0 Å². The van der Waals surface area contributed by atoms with Gasteiger partial charge in [0.05, 0.1) is 6.04 Å². The van der Waals surface area contributed by atoms with E-state index in [-0.39, 0.29) is 6.04 Å². The maximum atomic E-state index is 6.44. The molecule has 0 aromatic heterocycles. The molecule has 2 heteroatoms. The van der Waals surface area contributed by atoms with E-state index >= 15 is 0 Å². The van der Waals surface area contributed by atoms with Crippen LogP contribution in [0, 0.1) is 12.8 Å². The third kappa shape index (κ3) is 2.08. The Morgan fingerprint density at radius 3 is 2.81 bits per heavy atom. The quantitative estimate of drug-likeness (QED) is 0.687. The van der Waals surface area contributed by atoms with Gasteiger partial charge in [-0.3, -0.25) is 0 Å². The summed E-state index contributed by atoms with van der Waals surface area (Å²) in [6.45, 7) is 2.16. The van der Waals surface area contributed by atoms with Crippen LogP contribution in [0.2, 0.25) is 5.02 Å². The van der Waals surface area contributed by atoms with Crippen molar-refractivity contribution in [1.82, 2.24) is 0 Å². The largest absolute Gasteiger partial charge is 0.378 e. The van der Waals surface area contributed by atoms with Crippen LogP contribution in [-0.4, -0.2) is 0 Å². The van der Waals surface area contributed by atoms with Crippen LogP contribution in [0.15, 0.2) is 54.6 Å². The Labute approximate surface area is 130 Å². The molecule has 106 valence electrons. The van der Waals surface area contributed by atoms with E-state index in [2.05, 4.69) is 54.7 Å². The predicted octanol–water partition coefficient (Wildman–Crippen LogP) is 5.47. The van der Waals surface area contributed by atoms with E-state index < -0.39 is 0 Å². The molecule has 3 atom stereocenters. The summed E-state index contributed by atoms with van der Waals surface area (Å²) < 4.78 is 0. The first-order valence-electron chi connectivity index (χ1n) is 7.52. The topological polar surface area (TPSA) is 12.0 Å². The first kappa shape index (κ1) is 13.0. The summed E-state index contributed by atoms with van der Waals surface area (Å²) in [6.07, 6.45) is 5.80. The molecule has 0 unspecified atom stereocenters. The van der Waals surface area contributed by atoms with Gasteiger partial charge in [-0.1, -0.05) is 59.6 Å². The van der Waals surface area contributed by atoms with Crippen molar-refractivity contribution in [3.63, 3.8) is 0 Å². The molecule has 1 nitrogen and oxygen atoms in total. The maximum Gasteiger partial charge on any atom is 0.0568 e. The normalized spacial score (nSPS) is 26.1. The molecule has 1 heterocycles. The molecular formula is C19H18ClN. The summed E-state index contributed by atoms with van der Waals surface area (Å²) in [5.74, 6) is 1.06. The third-order valence-electron chi connectivity index (χ3n) is 4.76. The van der Waals surface area contributed by atoms with Gasteiger partial charge in [-0.25, -0.2) is 0 Å². The molecule has 21 heavy (non-hydrogen) atoms. The lowest BCUT2D eigenvalue weighted by Crippen LogP contribution is -2.29. The number of halogens is 1. The van der Waals surface area contributed by atoms with Gasteiger partial charge >= 0.3 is 0 Å². The molecular weight excluding hydrogens is 278 g/mol. The highest BCUT2D eigenvalue weighted by Crippen LogP contribution is 2.50. The van der Waals surface area contributed by atoms with Crippen LogP contribution >= 0.6 is 11.6 Å². The van der Waals surface area contributed by atoms with E-state index in [4.69, 9.17) is 11.6 Å². The first-order chi connectivity index (χ1) is 10.2. The van der Waals surface area contributed by atoms with Gasteiger partial charge in [0.2, 0.25) is 0 Å². The summed E-state index contributed by atoms with van der Waals surface area (Å²) in [4.78, 5) is 0. The first-order valence-corrected chi connectivity index (χ1v) is 7.90. The minimum atomic E-state index is 0.286. The second-order valence-corrected chi connectivity index (χ2v) is 6.49. The van der Waals surface area contributed by atoms with Crippen molar-refractivity contribution < 1.29 is 0 Å². The summed E-state index contributed by atoms with van der Waals surface area (Å²) in [6, 6.07) is 15.2. The maximum absolute atomic E-state index is 6.44. The molecule has 2 aliphatic rings. The highest BCUT2D eigenvalue weighted by atomic mass is 35.5. The Morgan fingerprint density at radius 2 is 1.95 bits per heavy atom. The van der Waals surface area contributed by atoms with Gasteiger partial charge in [0.25, 0.3) is 0 Å². The molecule has 1 N–H and O–H groups in total. The Hall–Kier alpha value is -1.73. The SMILES string of the molecule is Cc1ccc2c(c1)[C@@H]1C=CC[C@H]1[C@H](c1ccccc1Cl)N2. The van der Waals surface area contributed by atoms with Gasteiger partial charge in [0.1, 0.15) is 0 Å². The lowest BCUT2D eigenvalue weighted by atomic mass is 9.76. The van der Waals surface area contributed by atoms with Gasteiger partial charge in [-0.15, -0.1) is 0 Å². The highest BCUT2D eigenvalue weighted by molar-refractivity contribution is 6.31. The molecule has 4 rings (SSSR count). The molecule has 0 spiro atoms. The summed E-state index contributed by atoms with van der Waals surface area (Å²) >= 11 is 6.44. The van der Waals surface area contributed by atoms with Gasteiger partial charge in [-0.2, -0.15) is 0 Å². The van der Waals surface area contributed by atoms with E-state index in [1.165, 1.54) is 22.4 Å². The minimum Gasteiger partial charge on any atom is -0.378 e. The lowest BCUT2D eigenvalue weighted by Gasteiger charge is -2.38. The molecule has 0 bridgehead atoms. The number of hydrogen-bond acceptors (Lipinski definition) is 1. The molecule has 0 fully saturated rings. The number of anilines is 1. The number of allylic oxidation sites excluding steroid dienone is 2. The number of fused-ring (bicyclic) bond motifs is 3. The summed E-state index contributed by atoms with van der Waals surface area (Å²) in [5.41, 5.74) is 5.21. The van der Waals surface area contributed by atoms with Crippen molar-refractivity contribution in [3.8, 4) is 0 Å². The fourth-order valence-corrected chi connectivity index (χ4v) is 4.00. The molecule has 1 aliphatic heterocycles. The highest BCUT2D eigenvalue weighted by Gasteiger charge is 2.38. The number of aryl methyl sites for hydroxylation is 1. The average Bonchev–Trinajstić information content (AvgIpc) is 2.97. The average molecular weight is 296 g/mol. The van der Waals surface area contributed by atoms with Gasteiger partial charge in [0.15, 0.2) is 0 Å². The molecule has 1 aliphatic carbocycles. The fraction of sp³-hybridized carbons (Fsp3) is 0.263. The van der Waals surface area contributed by atoms with Crippen LogP contribution in [0.4, 0.5) is 5.69 Å². The zero-order valence-corrected chi connectivity index (χ0v) is 12.8. The van der Waals surface area contributed by atoms with Gasteiger partial charge in [0, 0.05) is 16.6 Å². The Kier molecular flexibility index (Phi) is 3.04. The molecule has 0 saturated heterocycles. The zero-order chi connectivity index (χ0) is 14.4. The fourth-order valence-electron chi connectivity index (χ4n) is 3.75. The van der Waals surface area contributed by atoms with E-state index in [1.807, 2.05) is 12.1 Å². The van der Waals surface area contributed by atoms with Crippen molar-refractivity contribution in [2.75, 3.05) is 5.32 Å². The lowest BCUT2D eigenvalue weighted by molar-refractivity contribution is 0.425. The van der Waals surface area contributed by atoms with Crippen molar-refractivity contribution in [2.45, 2.75) is 25.3 Å². The van der Waals surface area contributed by atoms with Crippen LogP contribution in [-0.2, 0) is 0 Å². The summed E-state index contributed by atoms with van der Waals surface area (Å²) in [7, 11) is 0. The van der Waals surface area contributed by atoms with E-state index in [9.17, 15) is 0 Å². The van der Waals surface area contributed by atoms with Crippen LogP contribution < -0.4 is 5.32 Å². The molecule has 0 amide bonds. The third-order valence-corrected chi connectivity index (χ3v) is 5.10. The van der Waals surface area contributed by atoms with Crippen molar-refractivity contribution in [3.05, 3.63) is 76.3 Å². The van der Waals surface area contributed by atoms with Crippen LogP contribution in [0.1, 0.15) is 35.1 Å². The van der Waals surface area contributed by atoms with Gasteiger partial charge in [-0.05, 0) is 42.5 Å². The second kappa shape index (κ2) is 4.92. The number of nitrogens with one attached hydrogen (secondary N) is 1. The zero-order valence-electron chi connectivity index (χ0n) is 12.0. The standard InChI is InChI=1S/C19H18ClN/c1-12-9-10-18-16(11-12)13-6-4-7-14(13)19(21-18)15-5-2-3-8-17(15)20/h2-6,8-11,13-14,19,21H,7H2,1H3/t13-,14-,19-/m1/s1. The van der Waals surface area contributed by atoms with E-state index in [1.54, 1.807) is 0 Å². The minimum absolute atomic E-state index is 0.286. The monoisotopic (exact) mass is 295 g/mol. The van der Waals surface area contributed by atoms with Crippen molar-refractivity contribution in [1.29, 1.82) is 0 Å². The van der Waals surface area contributed by atoms with Crippen molar-refractivity contribution in [2.24, 2.45) is 5.92 Å². The Balaban J connectivity index is 1.82. The smallest absolute Gasteiger partial charge is 0.0568 e. The Morgan fingerprint density at radius 1 is 1.10 bits per heavy atom. The molecule has 2 aromatic rings. The number of rotatable bonds is 1. The van der Waals surface area contributed by atoms with Crippen LogP contribution in [0.25, 0.3) is 0 Å². The predicted molar refractivity (Wildman–Crippen MR) is 89.0 cm³/mol. The molecule has 0 radical (unpaired) electrons. The molecule has 2 aromatic carbocycles. The number of hydrogen-bond donors (Lipinski definition) is 1. The number of benzene rings is 2. The second-order valence-electron chi connectivity index (χ2n) is 6.09. The van der Waals surface area contributed by atoms with E-state index in [0.29, 0.717) is 11.8 Å². The van der Waals surface area contributed by atoms with Crippen LogP contribution in [0.3, 0.4) is 0 Å².